The van der Waals surface area contributed by atoms with Crippen molar-refractivity contribution in [3.8, 4) is 10.6 Å². The maximum Gasteiger partial charge on any atom is 0.124 e. The van der Waals surface area contributed by atoms with Gasteiger partial charge in [-0.15, -0.1) is 11.3 Å². The van der Waals surface area contributed by atoms with Gasteiger partial charge in [0.2, 0.25) is 0 Å². The summed E-state index contributed by atoms with van der Waals surface area (Å²) in [6, 6.07) is 5.02. The van der Waals surface area contributed by atoms with Crippen LogP contribution in [0, 0.1) is 20.8 Å². The van der Waals surface area contributed by atoms with Crippen molar-refractivity contribution >= 4 is 11.3 Å². The second-order valence-electron chi connectivity index (χ2n) is 5.84. The van der Waals surface area contributed by atoms with Gasteiger partial charge in [-0.05, 0) is 58.2 Å². The van der Waals surface area contributed by atoms with E-state index in [-0.39, 0.29) is 0 Å². The van der Waals surface area contributed by atoms with Crippen LogP contribution in [0.5, 0.6) is 0 Å². The second kappa shape index (κ2) is 5.30. The van der Waals surface area contributed by atoms with Crippen molar-refractivity contribution in [2.45, 2.75) is 46.1 Å². The summed E-state index contributed by atoms with van der Waals surface area (Å²) in [6.07, 6.45) is 3.61. The first-order chi connectivity index (χ1) is 9.60. The molecule has 0 aliphatic heterocycles. The number of fused-ring (bicyclic) bond motifs is 1. The predicted octanol–water partition coefficient (Wildman–Crippen LogP) is 4.33. The molecule has 1 atom stereocenters. The Bertz CT molecular complexity index is 619. The minimum absolute atomic E-state index is 0.496. The normalized spacial score (nSPS) is 18.1. The van der Waals surface area contributed by atoms with Crippen molar-refractivity contribution in [2.75, 3.05) is 7.05 Å². The molecule has 1 heterocycles. The molecule has 1 aliphatic rings. The molecule has 1 N–H and O–H groups in total. The number of aromatic nitrogens is 1. The van der Waals surface area contributed by atoms with Crippen molar-refractivity contribution in [1.82, 2.24) is 10.3 Å². The van der Waals surface area contributed by atoms with Gasteiger partial charge in [-0.25, -0.2) is 4.98 Å². The van der Waals surface area contributed by atoms with Gasteiger partial charge in [0.15, 0.2) is 0 Å². The highest BCUT2D eigenvalue weighted by Crippen LogP contribution is 2.39. The van der Waals surface area contributed by atoms with Crippen LogP contribution < -0.4 is 5.32 Å². The highest BCUT2D eigenvalue weighted by atomic mass is 32.1. The summed E-state index contributed by atoms with van der Waals surface area (Å²) in [6.45, 7) is 6.56. The number of aryl methyl sites for hydroxylation is 4. The van der Waals surface area contributed by atoms with E-state index in [0.717, 1.165) is 6.42 Å². The van der Waals surface area contributed by atoms with E-state index in [1.165, 1.54) is 50.7 Å². The van der Waals surface area contributed by atoms with Crippen LogP contribution >= 0.6 is 11.3 Å². The maximum atomic E-state index is 4.95. The molecule has 3 rings (SSSR count). The average molecular weight is 286 g/mol. The number of benzene rings is 1. The number of hydrogen-bond donors (Lipinski definition) is 1. The third-order valence-electron chi connectivity index (χ3n) is 4.19. The molecule has 1 unspecified atom stereocenters. The highest BCUT2D eigenvalue weighted by molar-refractivity contribution is 7.15. The molecule has 106 valence electrons. The highest BCUT2D eigenvalue weighted by Gasteiger charge is 2.24. The SMILES string of the molecule is CNC1CCCc2nc(-c3c(C)cc(C)cc3C)sc21. The summed E-state index contributed by atoms with van der Waals surface area (Å²) in [4.78, 5) is 6.40. The largest absolute Gasteiger partial charge is 0.312 e. The molecule has 1 aromatic heterocycles. The van der Waals surface area contributed by atoms with E-state index in [0.29, 0.717) is 6.04 Å². The molecular weight excluding hydrogens is 264 g/mol. The smallest absolute Gasteiger partial charge is 0.124 e. The van der Waals surface area contributed by atoms with Crippen LogP contribution in [0.3, 0.4) is 0 Å². The third-order valence-corrected chi connectivity index (χ3v) is 5.42. The Labute approximate surface area is 125 Å². The second-order valence-corrected chi connectivity index (χ2v) is 6.87. The number of nitrogens with one attached hydrogen (secondary N) is 1. The summed E-state index contributed by atoms with van der Waals surface area (Å²) in [5, 5.41) is 4.63. The molecular formula is C17H22N2S. The van der Waals surface area contributed by atoms with Gasteiger partial charge in [0.05, 0.1) is 5.69 Å². The molecule has 1 aromatic carbocycles. The first-order valence-electron chi connectivity index (χ1n) is 7.35. The lowest BCUT2D eigenvalue weighted by atomic mass is 9.98. The molecule has 20 heavy (non-hydrogen) atoms. The Morgan fingerprint density at radius 3 is 2.55 bits per heavy atom. The van der Waals surface area contributed by atoms with Gasteiger partial charge in [0.25, 0.3) is 0 Å². The first-order valence-corrected chi connectivity index (χ1v) is 8.17. The van der Waals surface area contributed by atoms with Crippen LogP contribution in [-0.2, 0) is 6.42 Å². The molecule has 0 saturated heterocycles. The maximum absolute atomic E-state index is 4.95. The van der Waals surface area contributed by atoms with E-state index in [1.54, 1.807) is 0 Å². The fraction of sp³-hybridized carbons (Fsp3) is 0.471. The number of rotatable bonds is 2. The third kappa shape index (κ3) is 2.29. The summed E-state index contributed by atoms with van der Waals surface area (Å²) < 4.78 is 0. The Hall–Kier alpha value is -1.19. The van der Waals surface area contributed by atoms with Crippen molar-refractivity contribution in [2.24, 2.45) is 0 Å². The van der Waals surface area contributed by atoms with E-state index in [1.807, 2.05) is 11.3 Å². The Balaban J connectivity index is 2.11. The van der Waals surface area contributed by atoms with Gasteiger partial charge in [0.1, 0.15) is 5.01 Å². The molecule has 0 fully saturated rings. The molecule has 0 spiro atoms. The number of nitrogens with zero attached hydrogens (tertiary/aromatic N) is 1. The van der Waals surface area contributed by atoms with E-state index < -0.39 is 0 Å². The van der Waals surface area contributed by atoms with Gasteiger partial charge in [-0.1, -0.05) is 17.7 Å². The number of hydrogen-bond acceptors (Lipinski definition) is 3. The quantitative estimate of drug-likeness (QED) is 0.888. The minimum Gasteiger partial charge on any atom is -0.312 e. The van der Waals surface area contributed by atoms with Gasteiger partial charge in [0, 0.05) is 16.5 Å². The summed E-state index contributed by atoms with van der Waals surface area (Å²) in [5.74, 6) is 0. The lowest BCUT2D eigenvalue weighted by molar-refractivity contribution is 0.501. The fourth-order valence-electron chi connectivity index (χ4n) is 3.32. The molecule has 3 heteroatoms. The lowest BCUT2D eigenvalue weighted by Gasteiger charge is -2.20. The van der Waals surface area contributed by atoms with Crippen molar-refractivity contribution in [1.29, 1.82) is 0 Å². The van der Waals surface area contributed by atoms with Crippen molar-refractivity contribution < 1.29 is 0 Å². The number of thiazole rings is 1. The molecule has 0 radical (unpaired) electrons. The Morgan fingerprint density at radius 2 is 1.90 bits per heavy atom. The zero-order valence-electron chi connectivity index (χ0n) is 12.7. The Morgan fingerprint density at radius 1 is 1.20 bits per heavy atom. The molecule has 0 saturated carbocycles. The molecule has 0 bridgehead atoms. The average Bonchev–Trinajstić information content (AvgIpc) is 2.80. The fourth-order valence-corrected chi connectivity index (χ4v) is 4.75. The molecule has 0 amide bonds. The van der Waals surface area contributed by atoms with Gasteiger partial charge >= 0.3 is 0 Å². The summed E-state index contributed by atoms with van der Waals surface area (Å²) in [7, 11) is 2.06. The molecule has 1 aliphatic carbocycles. The van der Waals surface area contributed by atoms with Crippen LogP contribution in [0.1, 0.15) is 46.1 Å². The minimum atomic E-state index is 0.496. The summed E-state index contributed by atoms with van der Waals surface area (Å²) >= 11 is 1.88. The van der Waals surface area contributed by atoms with Crippen LogP contribution in [0.4, 0.5) is 0 Å². The van der Waals surface area contributed by atoms with Crippen LogP contribution in [0.25, 0.3) is 10.6 Å². The Kier molecular flexibility index (Phi) is 3.65. The van der Waals surface area contributed by atoms with Gasteiger partial charge in [-0.3, -0.25) is 0 Å². The van der Waals surface area contributed by atoms with Crippen molar-refractivity contribution in [3.63, 3.8) is 0 Å². The van der Waals surface area contributed by atoms with Crippen LogP contribution in [0.2, 0.25) is 0 Å². The molecule has 2 nitrogen and oxygen atoms in total. The van der Waals surface area contributed by atoms with Crippen LogP contribution in [0.15, 0.2) is 12.1 Å². The predicted molar refractivity (Wildman–Crippen MR) is 86.5 cm³/mol. The van der Waals surface area contributed by atoms with E-state index >= 15 is 0 Å². The van der Waals surface area contributed by atoms with Crippen molar-refractivity contribution in [3.05, 3.63) is 39.4 Å². The standard InChI is InChI=1S/C17H22N2S/c1-10-8-11(2)15(12(3)9-10)17-19-14-7-5-6-13(18-4)16(14)20-17/h8-9,13,18H,5-7H2,1-4H3. The zero-order valence-corrected chi connectivity index (χ0v) is 13.5. The topological polar surface area (TPSA) is 24.9 Å². The lowest BCUT2D eigenvalue weighted by Crippen LogP contribution is -2.19. The van der Waals surface area contributed by atoms with E-state index in [2.05, 4.69) is 45.3 Å². The first kappa shape index (κ1) is 13.8. The van der Waals surface area contributed by atoms with Gasteiger partial charge in [-0.2, -0.15) is 0 Å². The summed E-state index contributed by atoms with van der Waals surface area (Å²) in [5.41, 5.74) is 6.67. The van der Waals surface area contributed by atoms with E-state index in [9.17, 15) is 0 Å². The monoisotopic (exact) mass is 286 g/mol. The zero-order chi connectivity index (χ0) is 14.3. The van der Waals surface area contributed by atoms with E-state index in [4.69, 9.17) is 4.98 Å². The van der Waals surface area contributed by atoms with Gasteiger partial charge < -0.3 is 5.32 Å². The van der Waals surface area contributed by atoms with Crippen LogP contribution in [-0.4, -0.2) is 12.0 Å². The molecule has 2 aromatic rings.